The third-order valence-corrected chi connectivity index (χ3v) is 7.76. The smallest absolute Gasteiger partial charge is 0.222 e. The van der Waals surface area contributed by atoms with Crippen molar-refractivity contribution in [3.05, 3.63) is 29.8 Å². The Morgan fingerprint density at radius 3 is 2.68 bits per heavy atom. The number of rotatable bonds is 5. The van der Waals surface area contributed by atoms with Gasteiger partial charge in [0.05, 0.1) is 0 Å². The second-order valence-corrected chi connectivity index (χ2v) is 10.3. The van der Waals surface area contributed by atoms with Gasteiger partial charge in [0.25, 0.3) is 0 Å². The molecule has 0 radical (unpaired) electrons. The molecule has 4 nitrogen and oxygen atoms in total. The number of ether oxygens (including phenoxy) is 1. The summed E-state index contributed by atoms with van der Waals surface area (Å²) in [6.07, 6.45) is 13.0. The van der Waals surface area contributed by atoms with E-state index in [1.807, 2.05) is 0 Å². The lowest BCUT2D eigenvalue weighted by Crippen LogP contribution is -2.49. The summed E-state index contributed by atoms with van der Waals surface area (Å²) in [4.78, 5) is 17.5. The number of unbranched alkanes of at least 4 members (excludes halogenated alkanes) is 1. The third kappa shape index (κ3) is 6.47. The highest BCUT2D eigenvalue weighted by molar-refractivity contribution is 5.76. The van der Waals surface area contributed by atoms with E-state index in [0.29, 0.717) is 17.2 Å². The highest BCUT2D eigenvalue weighted by atomic mass is 16.5. The van der Waals surface area contributed by atoms with Gasteiger partial charge in [-0.25, -0.2) is 0 Å². The number of nitrogens with zero attached hydrogens (tertiary/aromatic N) is 2. The Labute approximate surface area is 189 Å². The van der Waals surface area contributed by atoms with Crippen LogP contribution in [0.1, 0.15) is 76.7 Å². The Morgan fingerprint density at radius 2 is 1.90 bits per heavy atom. The first-order valence-corrected chi connectivity index (χ1v) is 12.9. The molecule has 4 rings (SSSR count). The van der Waals surface area contributed by atoms with Crippen LogP contribution in [-0.2, 0) is 11.2 Å². The summed E-state index contributed by atoms with van der Waals surface area (Å²) in [7, 11) is 0. The third-order valence-electron chi connectivity index (χ3n) is 7.76. The second-order valence-electron chi connectivity index (χ2n) is 10.3. The molecule has 1 spiro atoms. The number of fused-ring (bicyclic) bond motifs is 1. The molecule has 2 fully saturated rings. The molecule has 1 saturated heterocycles. The highest BCUT2D eigenvalue weighted by Crippen LogP contribution is 2.39. The van der Waals surface area contributed by atoms with Crippen LogP contribution < -0.4 is 4.74 Å². The Balaban J connectivity index is 1.42. The number of hydrogen-bond acceptors (Lipinski definition) is 3. The quantitative estimate of drug-likeness (QED) is 0.640. The molecular formula is C27H42N2O2. The molecule has 0 atom stereocenters. The molecule has 1 saturated carbocycles. The van der Waals surface area contributed by atoms with Gasteiger partial charge in [-0.1, -0.05) is 38.0 Å². The lowest BCUT2D eigenvalue weighted by atomic mass is 9.73. The van der Waals surface area contributed by atoms with Crippen molar-refractivity contribution < 1.29 is 9.53 Å². The monoisotopic (exact) mass is 426 g/mol. The minimum Gasteiger partial charge on any atom is -0.492 e. The Kier molecular flexibility index (Phi) is 7.92. The van der Waals surface area contributed by atoms with Crippen LogP contribution in [0.2, 0.25) is 0 Å². The topological polar surface area (TPSA) is 32.8 Å². The number of amides is 1. The Morgan fingerprint density at radius 1 is 1.10 bits per heavy atom. The standard InChI is InChI=1S/C27H42N2O2/c1-2-3-16-28-19-20-31-25-10-5-4-8-24(25)9-6-7-13-27(22-28)14-17-29(18-15-27)26(30)21-23-11-12-23/h4-5,8,10,23H,2-3,6-7,9,11-22H2,1H3. The van der Waals surface area contributed by atoms with Gasteiger partial charge >= 0.3 is 0 Å². The van der Waals surface area contributed by atoms with Crippen molar-refractivity contribution in [3.63, 3.8) is 0 Å². The van der Waals surface area contributed by atoms with Crippen LogP contribution in [0, 0.1) is 11.3 Å². The molecule has 0 unspecified atom stereocenters. The molecule has 3 aliphatic rings. The van der Waals surface area contributed by atoms with Gasteiger partial charge in [0, 0.05) is 32.6 Å². The summed E-state index contributed by atoms with van der Waals surface area (Å²) in [5.74, 6) is 2.19. The van der Waals surface area contributed by atoms with Gasteiger partial charge in [-0.3, -0.25) is 9.69 Å². The molecule has 2 aliphatic heterocycles. The van der Waals surface area contributed by atoms with Crippen molar-refractivity contribution in [3.8, 4) is 5.75 Å². The average Bonchev–Trinajstić information content (AvgIpc) is 3.59. The lowest BCUT2D eigenvalue weighted by Gasteiger charge is -2.45. The Bertz CT molecular complexity index is 707. The van der Waals surface area contributed by atoms with Crippen LogP contribution in [0.4, 0.5) is 0 Å². The molecule has 4 heteroatoms. The minimum absolute atomic E-state index is 0.364. The zero-order chi connectivity index (χ0) is 21.5. The number of piperidine rings is 1. The fourth-order valence-electron chi connectivity index (χ4n) is 5.49. The second kappa shape index (κ2) is 10.8. The molecule has 1 aliphatic carbocycles. The lowest BCUT2D eigenvalue weighted by molar-refractivity contribution is -0.134. The normalized spacial score (nSPS) is 22.8. The van der Waals surface area contributed by atoms with E-state index in [2.05, 4.69) is 41.0 Å². The van der Waals surface area contributed by atoms with Crippen molar-refractivity contribution in [2.45, 2.75) is 77.6 Å². The first-order chi connectivity index (χ1) is 15.2. The van der Waals surface area contributed by atoms with Crippen LogP contribution in [-0.4, -0.2) is 55.0 Å². The van der Waals surface area contributed by atoms with Gasteiger partial charge in [-0.05, 0) is 80.9 Å². The molecular weight excluding hydrogens is 384 g/mol. The maximum absolute atomic E-state index is 12.6. The zero-order valence-electron chi connectivity index (χ0n) is 19.6. The summed E-state index contributed by atoms with van der Waals surface area (Å²) in [6, 6.07) is 8.59. The molecule has 1 amide bonds. The fraction of sp³-hybridized carbons (Fsp3) is 0.741. The predicted octanol–water partition coefficient (Wildman–Crippen LogP) is 5.30. The van der Waals surface area contributed by atoms with Crippen molar-refractivity contribution in [1.29, 1.82) is 0 Å². The number of carbonyl (C=O) groups excluding carboxylic acids is 1. The molecule has 172 valence electrons. The largest absolute Gasteiger partial charge is 0.492 e. The molecule has 2 heterocycles. The summed E-state index contributed by atoms with van der Waals surface area (Å²) in [6.45, 7) is 8.31. The van der Waals surface area contributed by atoms with Gasteiger partial charge in [0.15, 0.2) is 0 Å². The Hall–Kier alpha value is -1.55. The van der Waals surface area contributed by atoms with Crippen molar-refractivity contribution in [2.24, 2.45) is 11.3 Å². The van der Waals surface area contributed by atoms with Crippen LogP contribution in [0.15, 0.2) is 24.3 Å². The molecule has 1 aromatic rings. The van der Waals surface area contributed by atoms with E-state index < -0.39 is 0 Å². The van der Waals surface area contributed by atoms with E-state index in [-0.39, 0.29) is 0 Å². The van der Waals surface area contributed by atoms with Crippen molar-refractivity contribution in [1.82, 2.24) is 9.80 Å². The van der Waals surface area contributed by atoms with Gasteiger partial charge < -0.3 is 9.64 Å². The van der Waals surface area contributed by atoms with E-state index >= 15 is 0 Å². The van der Waals surface area contributed by atoms with E-state index in [1.165, 1.54) is 69.9 Å². The first kappa shape index (κ1) is 22.6. The number of carbonyl (C=O) groups is 1. The van der Waals surface area contributed by atoms with E-state index in [1.54, 1.807) is 0 Å². The number of likely N-dealkylation sites (tertiary alicyclic amines) is 1. The summed E-state index contributed by atoms with van der Waals surface area (Å²) in [5, 5.41) is 0. The van der Waals surface area contributed by atoms with Crippen LogP contribution in [0.3, 0.4) is 0 Å². The molecule has 1 aromatic carbocycles. The maximum atomic E-state index is 12.6. The number of hydrogen-bond donors (Lipinski definition) is 0. The van der Waals surface area contributed by atoms with Crippen LogP contribution in [0.25, 0.3) is 0 Å². The van der Waals surface area contributed by atoms with Crippen LogP contribution >= 0.6 is 0 Å². The first-order valence-electron chi connectivity index (χ1n) is 12.9. The summed E-state index contributed by atoms with van der Waals surface area (Å²) < 4.78 is 6.24. The van der Waals surface area contributed by atoms with Gasteiger partial charge in [0.2, 0.25) is 5.91 Å². The molecule has 0 bridgehead atoms. The van der Waals surface area contributed by atoms with E-state index in [9.17, 15) is 4.79 Å². The van der Waals surface area contributed by atoms with Crippen molar-refractivity contribution in [2.75, 3.05) is 39.3 Å². The predicted molar refractivity (Wildman–Crippen MR) is 126 cm³/mol. The van der Waals surface area contributed by atoms with E-state index in [4.69, 9.17) is 4.74 Å². The van der Waals surface area contributed by atoms with Crippen LogP contribution in [0.5, 0.6) is 5.75 Å². The SMILES string of the molecule is CCCCN1CCOc2ccccc2CCCCC2(CCN(C(=O)CC3CC3)CC2)C1. The zero-order valence-corrected chi connectivity index (χ0v) is 19.6. The molecule has 0 aromatic heterocycles. The number of benzene rings is 1. The van der Waals surface area contributed by atoms with Gasteiger partial charge in [-0.15, -0.1) is 0 Å². The minimum atomic E-state index is 0.364. The van der Waals surface area contributed by atoms with Gasteiger partial charge in [0.1, 0.15) is 12.4 Å². The maximum Gasteiger partial charge on any atom is 0.222 e. The number of para-hydroxylation sites is 1. The summed E-state index contributed by atoms with van der Waals surface area (Å²) in [5.41, 5.74) is 1.72. The van der Waals surface area contributed by atoms with Gasteiger partial charge in [-0.2, -0.15) is 0 Å². The average molecular weight is 427 g/mol. The fourth-order valence-corrected chi connectivity index (χ4v) is 5.49. The number of aryl methyl sites for hydroxylation is 1. The van der Waals surface area contributed by atoms with Crippen molar-refractivity contribution >= 4 is 5.91 Å². The van der Waals surface area contributed by atoms with E-state index in [0.717, 1.165) is 51.4 Å². The molecule has 0 N–H and O–H groups in total. The summed E-state index contributed by atoms with van der Waals surface area (Å²) >= 11 is 0. The molecule has 31 heavy (non-hydrogen) atoms. The highest BCUT2D eigenvalue weighted by Gasteiger charge is 2.38.